The molecular formula is C22H21N3O3. The maximum absolute atomic E-state index is 13.3. The van der Waals surface area contributed by atoms with E-state index in [-0.39, 0.29) is 12.0 Å². The van der Waals surface area contributed by atoms with Crippen molar-refractivity contribution in [2.45, 2.75) is 32.4 Å². The maximum Gasteiger partial charge on any atom is 0.254 e. The number of aromatic nitrogens is 2. The Kier molecular flexibility index (Phi) is 4.33. The molecule has 4 heterocycles. The Morgan fingerprint density at radius 2 is 2.00 bits per heavy atom. The normalized spacial score (nSPS) is 18.3. The molecule has 1 amide bonds. The summed E-state index contributed by atoms with van der Waals surface area (Å²) in [6, 6.07) is 15.5. The molecule has 0 bridgehead atoms. The highest BCUT2D eigenvalue weighted by atomic mass is 16.5. The lowest BCUT2D eigenvalue weighted by molar-refractivity contribution is 0.0646. The summed E-state index contributed by atoms with van der Waals surface area (Å²) in [6.07, 6.45) is 3.57. The Balaban J connectivity index is 1.42. The molecule has 3 aromatic rings. The Hall–Kier alpha value is -3.12. The second kappa shape index (κ2) is 7.13. The molecule has 142 valence electrons. The van der Waals surface area contributed by atoms with Gasteiger partial charge < -0.3 is 18.9 Å². The van der Waals surface area contributed by atoms with Gasteiger partial charge in [0.05, 0.1) is 32.8 Å². The minimum absolute atomic E-state index is 0.0129. The summed E-state index contributed by atoms with van der Waals surface area (Å²) >= 11 is 0. The first-order chi connectivity index (χ1) is 13.8. The number of hydrogen-bond donors (Lipinski definition) is 0. The van der Waals surface area contributed by atoms with E-state index in [1.165, 1.54) is 0 Å². The van der Waals surface area contributed by atoms with Crippen molar-refractivity contribution >= 4 is 5.91 Å². The zero-order valence-electron chi connectivity index (χ0n) is 15.5. The fourth-order valence-corrected chi connectivity index (χ4v) is 3.86. The smallest absolute Gasteiger partial charge is 0.254 e. The summed E-state index contributed by atoms with van der Waals surface area (Å²) in [5, 5.41) is 0. The SMILES string of the molecule is O=C(c1ccc2c(c1)COC2)N1Cc2cccn2CC(Oc2ccccn2)C1. The van der Waals surface area contributed by atoms with Gasteiger partial charge >= 0.3 is 0 Å². The maximum atomic E-state index is 13.3. The standard InChI is InChI=1S/C22H21N3O3/c26-22(16-6-7-17-14-27-15-18(17)10-16)25-11-19-4-3-9-24(19)12-20(13-25)28-21-5-1-2-8-23-21/h1-10,20H,11-15H2. The highest BCUT2D eigenvalue weighted by molar-refractivity contribution is 5.94. The third-order valence-electron chi connectivity index (χ3n) is 5.28. The number of rotatable bonds is 3. The molecule has 6 heteroatoms. The van der Waals surface area contributed by atoms with Crippen LogP contribution >= 0.6 is 0 Å². The molecule has 0 N–H and O–H groups in total. The second-order valence-corrected chi connectivity index (χ2v) is 7.22. The largest absolute Gasteiger partial charge is 0.471 e. The van der Waals surface area contributed by atoms with Gasteiger partial charge in [0, 0.05) is 29.7 Å². The predicted octanol–water partition coefficient (Wildman–Crippen LogP) is 3.02. The van der Waals surface area contributed by atoms with Gasteiger partial charge in [0.2, 0.25) is 5.88 Å². The molecule has 0 saturated carbocycles. The van der Waals surface area contributed by atoms with Crippen molar-refractivity contribution in [2.75, 3.05) is 6.54 Å². The van der Waals surface area contributed by atoms with Crippen molar-refractivity contribution in [1.82, 2.24) is 14.5 Å². The molecule has 6 nitrogen and oxygen atoms in total. The van der Waals surface area contributed by atoms with E-state index < -0.39 is 0 Å². The van der Waals surface area contributed by atoms with Crippen LogP contribution in [0.25, 0.3) is 0 Å². The van der Waals surface area contributed by atoms with Crippen molar-refractivity contribution in [2.24, 2.45) is 0 Å². The van der Waals surface area contributed by atoms with Crippen molar-refractivity contribution in [3.05, 3.63) is 83.3 Å². The average molecular weight is 375 g/mol. The monoisotopic (exact) mass is 375 g/mol. The average Bonchev–Trinajstić information content (AvgIpc) is 3.33. The Morgan fingerprint density at radius 3 is 2.89 bits per heavy atom. The van der Waals surface area contributed by atoms with Crippen LogP contribution in [0.1, 0.15) is 27.2 Å². The zero-order valence-corrected chi connectivity index (χ0v) is 15.5. The summed E-state index contributed by atoms with van der Waals surface area (Å²) in [6.45, 7) is 2.94. The number of benzene rings is 1. The molecule has 0 aliphatic carbocycles. The zero-order chi connectivity index (χ0) is 18.9. The van der Waals surface area contributed by atoms with Crippen LogP contribution in [0.3, 0.4) is 0 Å². The van der Waals surface area contributed by atoms with E-state index in [1.54, 1.807) is 6.20 Å². The molecule has 5 rings (SSSR count). The van der Waals surface area contributed by atoms with Crippen molar-refractivity contribution in [3.63, 3.8) is 0 Å². The van der Waals surface area contributed by atoms with E-state index in [4.69, 9.17) is 9.47 Å². The fraction of sp³-hybridized carbons (Fsp3) is 0.273. The Bertz CT molecular complexity index is 999. The van der Waals surface area contributed by atoms with Crippen molar-refractivity contribution < 1.29 is 14.3 Å². The van der Waals surface area contributed by atoms with E-state index in [1.807, 2.05) is 53.6 Å². The highest BCUT2D eigenvalue weighted by Gasteiger charge is 2.27. The van der Waals surface area contributed by atoms with Crippen molar-refractivity contribution in [1.29, 1.82) is 0 Å². The van der Waals surface area contributed by atoms with Crippen molar-refractivity contribution in [3.8, 4) is 5.88 Å². The van der Waals surface area contributed by atoms with Gasteiger partial charge in [-0.15, -0.1) is 0 Å². The summed E-state index contributed by atoms with van der Waals surface area (Å²) in [4.78, 5) is 19.4. The van der Waals surface area contributed by atoms with Gasteiger partial charge in [-0.2, -0.15) is 0 Å². The number of carbonyl (C=O) groups is 1. The molecule has 28 heavy (non-hydrogen) atoms. The van der Waals surface area contributed by atoms with Crippen LogP contribution < -0.4 is 4.74 Å². The number of pyridine rings is 1. The molecule has 2 aliphatic heterocycles. The molecule has 2 aliphatic rings. The molecule has 0 spiro atoms. The highest BCUT2D eigenvalue weighted by Crippen LogP contribution is 2.23. The molecule has 2 aromatic heterocycles. The lowest BCUT2D eigenvalue weighted by atomic mass is 10.1. The molecule has 0 saturated heterocycles. The first-order valence-electron chi connectivity index (χ1n) is 9.47. The summed E-state index contributed by atoms with van der Waals surface area (Å²) in [5.41, 5.74) is 4.06. The van der Waals surface area contributed by atoms with Crippen LogP contribution in [0.2, 0.25) is 0 Å². The van der Waals surface area contributed by atoms with Gasteiger partial charge in [-0.1, -0.05) is 12.1 Å². The molecule has 0 fully saturated rings. The minimum atomic E-state index is -0.176. The van der Waals surface area contributed by atoms with Gasteiger partial charge in [0.1, 0.15) is 6.10 Å². The third kappa shape index (κ3) is 3.27. The Morgan fingerprint density at radius 1 is 1.07 bits per heavy atom. The quantitative estimate of drug-likeness (QED) is 0.706. The lowest BCUT2D eigenvalue weighted by Gasteiger charge is -2.25. The molecule has 1 unspecified atom stereocenters. The lowest BCUT2D eigenvalue weighted by Crippen LogP contribution is -2.38. The third-order valence-corrected chi connectivity index (χ3v) is 5.28. The minimum Gasteiger partial charge on any atom is -0.471 e. The van der Waals surface area contributed by atoms with E-state index in [2.05, 4.69) is 15.6 Å². The number of amides is 1. The number of nitrogens with zero attached hydrogens (tertiary/aromatic N) is 3. The topological polar surface area (TPSA) is 56.6 Å². The van der Waals surface area contributed by atoms with Crippen LogP contribution in [-0.4, -0.2) is 33.0 Å². The first kappa shape index (κ1) is 17.0. The van der Waals surface area contributed by atoms with Crippen LogP contribution in [-0.2, 0) is 31.0 Å². The Labute approximate surface area is 163 Å². The van der Waals surface area contributed by atoms with Crippen LogP contribution in [0, 0.1) is 0 Å². The number of carbonyl (C=O) groups excluding carboxylic acids is 1. The van der Waals surface area contributed by atoms with Gasteiger partial charge in [0.15, 0.2) is 0 Å². The fourth-order valence-electron chi connectivity index (χ4n) is 3.86. The molecular weight excluding hydrogens is 354 g/mol. The van der Waals surface area contributed by atoms with E-state index >= 15 is 0 Å². The second-order valence-electron chi connectivity index (χ2n) is 7.22. The molecule has 1 atom stereocenters. The summed E-state index contributed by atoms with van der Waals surface area (Å²) in [7, 11) is 0. The van der Waals surface area contributed by atoms with E-state index in [0.717, 1.165) is 16.8 Å². The summed E-state index contributed by atoms with van der Waals surface area (Å²) < 4.78 is 13.7. The van der Waals surface area contributed by atoms with E-state index in [9.17, 15) is 4.79 Å². The van der Waals surface area contributed by atoms with Gasteiger partial charge in [-0.05, 0) is 41.5 Å². The van der Waals surface area contributed by atoms with Gasteiger partial charge in [-0.25, -0.2) is 4.98 Å². The van der Waals surface area contributed by atoms with Gasteiger partial charge in [0.25, 0.3) is 5.91 Å². The van der Waals surface area contributed by atoms with Gasteiger partial charge in [-0.3, -0.25) is 4.79 Å². The predicted molar refractivity (Wildman–Crippen MR) is 103 cm³/mol. The van der Waals surface area contributed by atoms with Crippen LogP contribution in [0.5, 0.6) is 5.88 Å². The van der Waals surface area contributed by atoms with E-state index in [0.29, 0.717) is 44.3 Å². The van der Waals surface area contributed by atoms with Crippen LogP contribution in [0.15, 0.2) is 60.9 Å². The first-order valence-corrected chi connectivity index (χ1v) is 9.47. The number of fused-ring (bicyclic) bond motifs is 2. The molecule has 0 radical (unpaired) electrons. The number of ether oxygens (including phenoxy) is 2. The molecule has 1 aromatic carbocycles. The summed E-state index contributed by atoms with van der Waals surface area (Å²) in [5.74, 6) is 0.587. The van der Waals surface area contributed by atoms with Crippen LogP contribution in [0.4, 0.5) is 0 Å². The number of hydrogen-bond acceptors (Lipinski definition) is 4.